The summed E-state index contributed by atoms with van der Waals surface area (Å²) < 4.78 is 0. The maximum atomic E-state index is 11.0. The number of Topliss-reactive ketones (excluding diaryl/α,β-unsaturated/α-hetero) is 1. The van der Waals surface area contributed by atoms with Crippen LogP contribution in [0.1, 0.15) is 12.5 Å². The minimum atomic E-state index is 0.196. The zero-order valence-corrected chi connectivity index (χ0v) is 7.50. The maximum Gasteiger partial charge on any atom is 0.134 e. The Hall–Kier alpha value is -1.57. The van der Waals surface area contributed by atoms with Gasteiger partial charge in [-0.1, -0.05) is 18.2 Å². The molecule has 0 spiro atoms. The average molecular weight is 173 g/mol. The van der Waals surface area contributed by atoms with Gasteiger partial charge in [-0.2, -0.15) is 0 Å². The van der Waals surface area contributed by atoms with Crippen molar-refractivity contribution in [1.29, 1.82) is 0 Å². The van der Waals surface area contributed by atoms with Crippen LogP contribution in [0, 0.1) is 0 Å². The first-order valence-corrected chi connectivity index (χ1v) is 4.32. The Morgan fingerprint density at radius 1 is 1.38 bits per heavy atom. The molecule has 0 amide bonds. The Balaban J connectivity index is 2.54. The van der Waals surface area contributed by atoms with Crippen molar-refractivity contribution in [3.63, 3.8) is 0 Å². The summed E-state index contributed by atoms with van der Waals surface area (Å²) >= 11 is 0. The Labute approximate surface area is 76.6 Å². The molecule has 2 aromatic rings. The van der Waals surface area contributed by atoms with Gasteiger partial charge in [0.15, 0.2) is 0 Å². The van der Waals surface area contributed by atoms with Crippen LogP contribution in [0.3, 0.4) is 0 Å². The molecule has 1 heterocycles. The standard InChI is InChI=1S/C11H11NO/c1-8(13)7-10-4-2-3-9-5-6-12-11(9)10/h2-6,12H,7H2,1H3. The molecule has 0 radical (unpaired) electrons. The van der Waals surface area contributed by atoms with E-state index in [2.05, 4.69) is 4.98 Å². The third kappa shape index (κ3) is 1.47. The maximum absolute atomic E-state index is 11.0. The summed E-state index contributed by atoms with van der Waals surface area (Å²) in [6.07, 6.45) is 2.41. The molecule has 0 aliphatic rings. The van der Waals surface area contributed by atoms with E-state index in [0.29, 0.717) is 6.42 Å². The molecule has 0 fully saturated rings. The van der Waals surface area contributed by atoms with Gasteiger partial charge >= 0.3 is 0 Å². The number of hydrogen-bond acceptors (Lipinski definition) is 1. The Kier molecular flexibility index (Phi) is 1.89. The largest absolute Gasteiger partial charge is 0.361 e. The van der Waals surface area contributed by atoms with Crippen LogP contribution in [0.25, 0.3) is 10.9 Å². The molecule has 13 heavy (non-hydrogen) atoms. The number of ketones is 1. The number of rotatable bonds is 2. The highest BCUT2D eigenvalue weighted by molar-refractivity contribution is 5.87. The Morgan fingerprint density at radius 2 is 2.23 bits per heavy atom. The molecular weight excluding hydrogens is 162 g/mol. The Bertz CT molecular complexity index is 442. The third-order valence-electron chi connectivity index (χ3n) is 2.11. The van der Waals surface area contributed by atoms with Crippen molar-refractivity contribution >= 4 is 16.7 Å². The number of hydrogen-bond donors (Lipinski definition) is 1. The zero-order chi connectivity index (χ0) is 9.26. The van der Waals surface area contributed by atoms with Gasteiger partial charge in [0.1, 0.15) is 5.78 Å². The Morgan fingerprint density at radius 3 is 3.00 bits per heavy atom. The first kappa shape index (κ1) is 8.05. The van der Waals surface area contributed by atoms with E-state index in [4.69, 9.17) is 0 Å². The summed E-state index contributed by atoms with van der Waals surface area (Å²) in [5.74, 6) is 0.196. The second-order valence-electron chi connectivity index (χ2n) is 3.24. The second-order valence-corrected chi connectivity index (χ2v) is 3.24. The fourth-order valence-corrected chi connectivity index (χ4v) is 1.57. The minimum Gasteiger partial charge on any atom is -0.361 e. The topological polar surface area (TPSA) is 32.9 Å². The SMILES string of the molecule is CC(=O)Cc1cccc2cc[nH]c12. The van der Waals surface area contributed by atoms with Crippen LogP contribution in [0.4, 0.5) is 0 Å². The molecule has 1 N–H and O–H groups in total. The monoisotopic (exact) mass is 173 g/mol. The van der Waals surface area contributed by atoms with Crippen molar-refractivity contribution in [3.05, 3.63) is 36.0 Å². The second kappa shape index (κ2) is 3.05. The van der Waals surface area contributed by atoms with E-state index in [-0.39, 0.29) is 5.78 Å². The number of nitrogens with one attached hydrogen (secondary N) is 1. The summed E-state index contributed by atoms with van der Waals surface area (Å²) in [5.41, 5.74) is 2.16. The number of H-pyrrole nitrogens is 1. The van der Waals surface area contributed by atoms with Crippen molar-refractivity contribution in [1.82, 2.24) is 4.98 Å². The van der Waals surface area contributed by atoms with E-state index in [1.54, 1.807) is 6.92 Å². The molecule has 2 nitrogen and oxygen atoms in total. The van der Waals surface area contributed by atoms with Crippen molar-refractivity contribution < 1.29 is 4.79 Å². The molecule has 2 heteroatoms. The van der Waals surface area contributed by atoms with E-state index >= 15 is 0 Å². The highest BCUT2D eigenvalue weighted by Gasteiger charge is 2.03. The van der Waals surface area contributed by atoms with Crippen LogP contribution < -0.4 is 0 Å². The van der Waals surface area contributed by atoms with E-state index in [1.807, 2.05) is 30.5 Å². The molecular formula is C11H11NO. The van der Waals surface area contributed by atoms with Gasteiger partial charge in [0.25, 0.3) is 0 Å². The first-order chi connectivity index (χ1) is 6.27. The van der Waals surface area contributed by atoms with Gasteiger partial charge in [-0.25, -0.2) is 0 Å². The lowest BCUT2D eigenvalue weighted by Gasteiger charge is -1.99. The first-order valence-electron chi connectivity index (χ1n) is 4.32. The number of aromatic amines is 1. The van der Waals surface area contributed by atoms with Gasteiger partial charge in [0.05, 0.1) is 0 Å². The van der Waals surface area contributed by atoms with Gasteiger partial charge in [-0.05, 0) is 23.9 Å². The summed E-state index contributed by atoms with van der Waals surface area (Å²) in [7, 11) is 0. The smallest absolute Gasteiger partial charge is 0.134 e. The molecule has 1 aromatic carbocycles. The zero-order valence-electron chi connectivity index (χ0n) is 7.50. The molecule has 0 saturated heterocycles. The van der Waals surface area contributed by atoms with Gasteiger partial charge in [0, 0.05) is 18.1 Å². The van der Waals surface area contributed by atoms with Gasteiger partial charge < -0.3 is 4.98 Å². The fraction of sp³-hybridized carbons (Fsp3) is 0.182. The van der Waals surface area contributed by atoms with E-state index < -0.39 is 0 Å². The van der Waals surface area contributed by atoms with Crippen LogP contribution in [0.2, 0.25) is 0 Å². The van der Waals surface area contributed by atoms with Crippen LogP contribution in [0.15, 0.2) is 30.5 Å². The van der Waals surface area contributed by atoms with Gasteiger partial charge in [0.2, 0.25) is 0 Å². The lowest BCUT2D eigenvalue weighted by Crippen LogP contribution is -1.96. The van der Waals surface area contributed by atoms with Crippen LogP contribution in [-0.2, 0) is 11.2 Å². The summed E-state index contributed by atoms with van der Waals surface area (Å²) in [6, 6.07) is 8.02. The molecule has 0 aliphatic carbocycles. The molecule has 66 valence electrons. The normalized spacial score (nSPS) is 10.5. The lowest BCUT2D eigenvalue weighted by atomic mass is 10.1. The number of aromatic nitrogens is 1. The summed E-state index contributed by atoms with van der Waals surface area (Å²) in [5, 5.41) is 1.17. The van der Waals surface area contributed by atoms with Crippen molar-refractivity contribution in [2.75, 3.05) is 0 Å². The van der Waals surface area contributed by atoms with Crippen molar-refractivity contribution in [2.24, 2.45) is 0 Å². The molecule has 0 bridgehead atoms. The predicted octanol–water partition coefficient (Wildman–Crippen LogP) is 2.30. The molecule has 0 atom stereocenters. The lowest BCUT2D eigenvalue weighted by molar-refractivity contribution is -0.116. The average Bonchev–Trinajstić information content (AvgIpc) is 2.51. The molecule has 1 aromatic heterocycles. The highest BCUT2D eigenvalue weighted by atomic mass is 16.1. The van der Waals surface area contributed by atoms with Crippen LogP contribution in [0.5, 0.6) is 0 Å². The van der Waals surface area contributed by atoms with E-state index in [1.165, 1.54) is 5.39 Å². The van der Waals surface area contributed by atoms with E-state index in [9.17, 15) is 4.79 Å². The van der Waals surface area contributed by atoms with E-state index in [0.717, 1.165) is 11.1 Å². The number of carbonyl (C=O) groups excluding carboxylic acids is 1. The van der Waals surface area contributed by atoms with Gasteiger partial charge in [-0.15, -0.1) is 0 Å². The van der Waals surface area contributed by atoms with Crippen LogP contribution >= 0.6 is 0 Å². The third-order valence-corrected chi connectivity index (χ3v) is 2.11. The molecule has 0 unspecified atom stereocenters. The number of fused-ring (bicyclic) bond motifs is 1. The fourth-order valence-electron chi connectivity index (χ4n) is 1.57. The van der Waals surface area contributed by atoms with Crippen molar-refractivity contribution in [3.8, 4) is 0 Å². The van der Waals surface area contributed by atoms with Crippen LogP contribution in [-0.4, -0.2) is 10.8 Å². The molecule has 0 saturated carbocycles. The number of carbonyl (C=O) groups is 1. The van der Waals surface area contributed by atoms with Crippen molar-refractivity contribution in [2.45, 2.75) is 13.3 Å². The van der Waals surface area contributed by atoms with Gasteiger partial charge in [-0.3, -0.25) is 4.79 Å². The molecule has 0 aliphatic heterocycles. The quantitative estimate of drug-likeness (QED) is 0.742. The summed E-state index contributed by atoms with van der Waals surface area (Å²) in [4.78, 5) is 14.1. The molecule has 2 rings (SSSR count). The predicted molar refractivity (Wildman–Crippen MR) is 52.7 cm³/mol. The minimum absolute atomic E-state index is 0.196. The summed E-state index contributed by atoms with van der Waals surface area (Å²) in [6.45, 7) is 1.61. The highest BCUT2D eigenvalue weighted by Crippen LogP contribution is 2.17. The number of para-hydroxylation sites is 1. The number of benzene rings is 1.